The molecule has 5 nitrogen and oxygen atoms in total. The van der Waals surface area contributed by atoms with Crippen LogP contribution in [0.4, 0.5) is 5.69 Å². The van der Waals surface area contributed by atoms with Crippen molar-refractivity contribution in [3.63, 3.8) is 0 Å². The number of carbonyl (C=O) groups excluding carboxylic acids is 2. The van der Waals surface area contributed by atoms with Crippen molar-refractivity contribution >= 4 is 17.5 Å². The van der Waals surface area contributed by atoms with E-state index in [1.165, 1.54) is 0 Å². The quantitative estimate of drug-likeness (QED) is 0.726. The number of likely N-dealkylation sites (tertiary alicyclic amines) is 1. The molecule has 1 fully saturated rings. The van der Waals surface area contributed by atoms with Crippen molar-refractivity contribution in [2.45, 2.75) is 32.1 Å². The number of carbonyl (C=O) groups is 2. The van der Waals surface area contributed by atoms with Crippen LogP contribution in [0.2, 0.25) is 0 Å². The predicted molar refractivity (Wildman–Crippen MR) is 116 cm³/mol. The number of anilines is 1. The van der Waals surface area contributed by atoms with E-state index in [9.17, 15) is 9.59 Å². The molecule has 1 N–H and O–H groups in total. The van der Waals surface area contributed by atoms with E-state index in [-0.39, 0.29) is 11.8 Å². The van der Waals surface area contributed by atoms with Crippen molar-refractivity contribution in [2.75, 3.05) is 25.5 Å². The Labute approximate surface area is 172 Å². The molecule has 2 amide bonds. The van der Waals surface area contributed by atoms with Crippen molar-refractivity contribution < 1.29 is 14.3 Å². The summed E-state index contributed by atoms with van der Waals surface area (Å²) in [6.07, 6.45) is 6.75. The van der Waals surface area contributed by atoms with Crippen LogP contribution in [0.3, 0.4) is 0 Å². The molecule has 0 aliphatic carbocycles. The number of allylic oxidation sites excluding steroid dienone is 1. The van der Waals surface area contributed by atoms with Crippen LogP contribution in [0, 0.1) is 0 Å². The lowest BCUT2D eigenvalue weighted by Gasteiger charge is -2.22. The van der Waals surface area contributed by atoms with Gasteiger partial charge in [-0.1, -0.05) is 31.1 Å². The second kappa shape index (κ2) is 9.92. The summed E-state index contributed by atoms with van der Waals surface area (Å²) in [5.74, 6) is 0.442. The lowest BCUT2D eigenvalue weighted by Crippen LogP contribution is -2.32. The zero-order chi connectivity index (χ0) is 20.6. The highest BCUT2D eigenvalue weighted by Crippen LogP contribution is 2.23. The Hall–Kier alpha value is -3.08. The van der Waals surface area contributed by atoms with Gasteiger partial charge in [0.2, 0.25) is 0 Å². The lowest BCUT2D eigenvalue weighted by atomic mass is 10.1. The predicted octanol–water partition coefficient (Wildman–Crippen LogP) is 4.69. The summed E-state index contributed by atoms with van der Waals surface area (Å²) in [4.78, 5) is 27.8. The Bertz CT molecular complexity index is 883. The molecule has 0 atom stereocenters. The van der Waals surface area contributed by atoms with E-state index in [0.717, 1.165) is 50.1 Å². The Kier molecular flexibility index (Phi) is 7.06. The molecule has 0 aromatic heterocycles. The van der Waals surface area contributed by atoms with Gasteiger partial charge in [-0.2, -0.15) is 0 Å². The van der Waals surface area contributed by atoms with Crippen LogP contribution in [0.25, 0.3) is 0 Å². The number of para-hydroxylation sites is 1. The number of amides is 2. The molecule has 1 heterocycles. The van der Waals surface area contributed by atoms with Gasteiger partial charge in [0.15, 0.2) is 0 Å². The number of hydrogen-bond acceptors (Lipinski definition) is 3. The van der Waals surface area contributed by atoms with Gasteiger partial charge in [-0.05, 0) is 55.2 Å². The topological polar surface area (TPSA) is 58.6 Å². The van der Waals surface area contributed by atoms with Gasteiger partial charge in [0.25, 0.3) is 11.8 Å². The molecule has 29 heavy (non-hydrogen) atoms. The van der Waals surface area contributed by atoms with E-state index in [4.69, 9.17) is 4.74 Å². The van der Waals surface area contributed by atoms with Crippen LogP contribution in [0.1, 0.15) is 52.0 Å². The largest absolute Gasteiger partial charge is 0.496 e. The zero-order valence-electron chi connectivity index (χ0n) is 16.9. The van der Waals surface area contributed by atoms with E-state index >= 15 is 0 Å². The number of nitrogens with one attached hydrogen (secondary N) is 1. The van der Waals surface area contributed by atoms with Gasteiger partial charge in [0.1, 0.15) is 5.75 Å². The number of nitrogens with zero attached hydrogens (tertiary/aromatic N) is 1. The Balaban J connectivity index is 1.81. The molecule has 5 heteroatoms. The first-order valence-corrected chi connectivity index (χ1v) is 10.1. The molecule has 3 rings (SSSR count). The molecule has 0 radical (unpaired) electrons. The van der Waals surface area contributed by atoms with Crippen LogP contribution < -0.4 is 10.1 Å². The standard InChI is InChI=1S/C24H28N2O3/c1-3-10-18-17-19(13-14-22(18)29-2)23(27)25-21-12-7-6-11-20(21)24(28)26-15-8-4-5-9-16-26/h3,6-7,11-14,17H,1,4-5,8-10,15-16H2,2H3,(H,25,27). The number of ether oxygens (including phenoxy) is 1. The maximum absolute atomic E-state index is 13.1. The molecule has 0 bridgehead atoms. The molecular formula is C24H28N2O3. The van der Waals surface area contributed by atoms with Crippen molar-refractivity contribution in [3.8, 4) is 5.75 Å². The fourth-order valence-corrected chi connectivity index (χ4v) is 3.65. The van der Waals surface area contributed by atoms with Gasteiger partial charge in [0, 0.05) is 18.7 Å². The first-order valence-electron chi connectivity index (χ1n) is 10.1. The molecule has 2 aromatic carbocycles. The summed E-state index contributed by atoms with van der Waals surface area (Å²) in [6.45, 7) is 5.29. The first-order chi connectivity index (χ1) is 14.1. The van der Waals surface area contributed by atoms with E-state index in [1.807, 2.05) is 17.0 Å². The minimum absolute atomic E-state index is 0.0233. The van der Waals surface area contributed by atoms with E-state index in [1.54, 1.807) is 43.5 Å². The smallest absolute Gasteiger partial charge is 0.255 e. The minimum Gasteiger partial charge on any atom is -0.496 e. The van der Waals surface area contributed by atoms with Crippen LogP contribution >= 0.6 is 0 Å². The molecule has 152 valence electrons. The summed E-state index contributed by atoms with van der Waals surface area (Å²) in [6, 6.07) is 12.5. The molecule has 0 saturated carbocycles. The average Bonchev–Trinajstić information content (AvgIpc) is 3.03. The van der Waals surface area contributed by atoms with Crippen LogP contribution in [0.5, 0.6) is 5.75 Å². The number of methoxy groups -OCH3 is 1. The fourth-order valence-electron chi connectivity index (χ4n) is 3.65. The Morgan fingerprint density at radius 3 is 2.52 bits per heavy atom. The van der Waals surface area contributed by atoms with E-state index in [0.29, 0.717) is 23.2 Å². The summed E-state index contributed by atoms with van der Waals surface area (Å²) >= 11 is 0. The highest BCUT2D eigenvalue weighted by molar-refractivity contribution is 6.09. The monoisotopic (exact) mass is 392 g/mol. The molecule has 1 aliphatic heterocycles. The number of benzene rings is 2. The summed E-state index contributed by atoms with van der Waals surface area (Å²) in [5.41, 5.74) is 2.47. The Morgan fingerprint density at radius 1 is 1.10 bits per heavy atom. The summed E-state index contributed by atoms with van der Waals surface area (Å²) in [5, 5.41) is 2.92. The normalized spacial score (nSPS) is 14.0. The van der Waals surface area contributed by atoms with Crippen LogP contribution in [0.15, 0.2) is 55.1 Å². The first kappa shape index (κ1) is 20.6. The molecule has 1 aliphatic rings. The van der Waals surface area contributed by atoms with Gasteiger partial charge < -0.3 is 15.0 Å². The van der Waals surface area contributed by atoms with Crippen LogP contribution in [-0.2, 0) is 6.42 Å². The second-order valence-electron chi connectivity index (χ2n) is 7.23. The van der Waals surface area contributed by atoms with Crippen molar-refractivity contribution in [3.05, 3.63) is 71.8 Å². The third-order valence-electron chi connectivity index (χ3n) is 5.21. The molecule has 0 spiro atoms. The third-order valence-corrected chi connectivity index (χ3v) is 5.21. The molecule has 2 aromatic rings. The highest BCUT2D eigenvalue weighted by atomic mass is 16.5. The zero-order valence-corrected chi connectivity index (χ0v) is 16.9. The minimum atomic E-state index is -0.255. The van der Waals surface area contributed by atoms with Crippen molar-refractivity contribution in [1.29, 1.82) is 0 Å². The highest BCUT2D eigenvalue weighted by Gasteiger charge is 2.21. The molecule has 0 unspecified atom stereocenters. The molecule has 1 saturated heterocycles. The number of rotatable bonds is 6. The van der Waals surface area contributed by atoms with E-state index in [2.05, 4.69) is 11.9 Å². The summed E-state index contributed by atoms with van der Waals surface area (Å²) < 4.78 is 5.35. The average molecular weight is 392 g/mol. The van der Waals surface area contributed by atoms with Crippen LogP contribution in [-0.4, -0.2) is 36.9 Å². The Morgan fingerprint density at radius 2 is 1.83 bits per heavy atom. The maximum atomic E-state index is 13.1. The lowest BCUT2D eigenvalue weighted by molar-refractivity contribution is 0.0762. The summed E-state index contributed by atoms with van der Waals surface area (Å²) in [7, 11) is 1.60. The van der Waals surface area contributed by atoms with Gasteiger partial charge in [0.05, 0.1) is 18.4 Å². The van der Waals surface area contributed by atoms with Crippen molar-refractivity contribution in [1.82, 2.24) is 4.90 Å². The molecular weight excluding hydrogens is 364 g/mol. The van der Waals surface area contributed by atoms with Crippen molar-refractivity contribution in [2.24, 2.45) is 0 Å². The second-order valence-corrected chi connectivity index (χ2v) is 7.23. The van der Waals surface area contributed by atoms with Gasteiger partial charge in [-0.3, -0.25) is 9.59 Å². The fraction of sp³-hybridized carbons (Fsp3) is 0.333. The van der Waals surface area contributed by atoms with Gasteiger partial charge >= 0.3 is 0 Å². The van der Waals surface area contributed by atoms with Gasteiger partial charge in [-0.25, -0.2) is 0 Å². The van der Waals surface area contributed by atoms with Gasteiger partial charge in [-0.15, -0.1) is 6.58 Å². The maximum Gasteiger partial charge on any atom is 0.255 e. The number of hydrogen-bond donors (Lipinski definition) is 1. The van der Waals surface area contributed by atoms with E-state index < -0.39 is 0 Å². The third kappa shape index (κ3) is 5.05. The SMILES string of the molecule is C=CCc1cc(C(=O)Nc2ccccc2C(=O)N2CCCCCC2)ccc1OC.